The van der Waals surface area contributed by atoms with Crippen molar-refractivity contribution in [3.05, 3.63) is 83.8 Å². The quantitative estimate of drug-likeness (QED) is 0.396. The maximum Gasteiger partial charge on any atom is 0.261 e. The molecule has 0 saturated carbocycles. The number of furan rings is 1. The van der Waals surface area contributed by atoms with E-state index in [1.165, 1.54) is 15.9 Å². The van der Waals surface area contributed by atoms with E-state index in [9.17, 15) is 0 Å². The molecule has 0 saturated heterocycles. The molecule has 0 aliphatic rings. The third-order valence-corrected chi connectivity index (χ3v) is 10.5. The molecule has 0 aliphatic heterocycles. The van der Waals surface area contributed by atoms with E-state index in [0.717, 1.165) is 31.0 Å². The van der Waals surface area contributed by atoms with Crippen molar-refractivity contribution in [3.63, 3.8) is 0 Å². The van der Waals surface area contributed by atoms with Gasteiger partial charge in [0.1, 0.15) is 11.5 Å². The first-order valence-electron chi connectivity index (χ1n) is 10.2. The Morgan fingerprint density at radius 1 is 0.857 bits per heavy atom. The van der Waals surface area contributed by atoms with Crippen molar-refractivity contribution in [1.82, 2.24) is 0 Å². The largest absolute Gasteiger partial charge is 0.466 e. The van der Waals surface area contributed by atoms with Gasteiger partial charge in [-0.25, -0.2) is 0 Å². The van der Waals surface area contributed by atoms with E-state index in [2.05, 4.69) is 94.4 Å². The molecular formula is C25H32O2Si. The SMILES string of the molecule is Cc1cc(C)c(CCCO[Si](c2ccccc2)(c2ccccc2)C(C)(C)C)o1. The molecule has 3 aromatic rings. The monoisotopic (exact) mass is 392 g/mol. The fourth-order valence-corrected chi connectivity index (χ4v) is 8.76. The lowest BCUT2D eigenvalue weighted by molar-refractivity contribution is 0.287. The van der Waals surface area contributed by atoms with E-state index in [1.54, 1.807) is 0 Å². The van der Waals surface area contributed by atoms with Crippen LogP contribution in [0.5, 0.6) is 0 Å². The fraction of sp³-hybridized carbons (Fsp3) is 0.360. The second kappa shape index (κ2) is 8.50. The van der Waals surface area contributed by atoms with Crippen LogP contribution in [0.3, 0.4) is 0 Å². The Morgan fingerprint density at radius 3 is 1.82 bits per heavy atom. The van der Waals surface area contributed by atoms with E-state index in [0.29, 0.717) is 0 Å². The van der Waals surface area contributed by atoms with Gasteiger partial charge in [0, 0.05) is 13.0 Å². The van der Waals surface area contributed by atoms with E-state index in [1.807, 2.05) is 6.92 Å². The summed E-state index contributed by atoms with van der Waals surface area (Å²) >= 11 is 0. The van der Waals surface area contributed by atoms with Gasteiger partial charge in [-0.05, 0) is 47.3 Å². The van der Waals surface area contributed by atoms with Crippen LogP contribution < -0.4 is 10.4 Å². The van der Waals surface area contributed by atoms with Gasteiger partial charge >= 0.3 is 0 Å². The highest BCUT2D eigenvalue weighted by Crippen LogP contribution is 2.36. The minimum atomic E-state index is -2.43. The Morgan fingerprint density at radius 2 is 1.39 bits per heavy atom. The molecule has 0 atom stereocenters. The van der Waals surface area contributed by atoms with Crippen molar-refractivity contribution in [3.8, 4) is 0 Å². The third kappa shape index (κ3) is 4.16. The lowest BCUT2D eigenvalue weighted by Gasteiger charge is -2.43. The van der Waals surface area contributed by atoms with Crippen molar-refractivity contribution >= 4 is 18.7 Å². The van der Waals surface area contributed by atoms with Crippen LogP contribution in [0.1, 0.15) is 44.3 Å². The smallest absolute Gasteiger partial charge is 0.261 e. The molecule has 3 heteroatoms. The molecule has 0 radical (unpaired) electrons. The summed E-state index contributed by atoms with van der Waals surface area (Å²) in [5, 5.41) is 2.69. The second-order valence-electron chi connectivity index (χ2n) is 8.58. The number of aryl methyl sites for hydroxylation is 3. The molecular weight excluding hydrogens is 360 g/mol. The van der Waals surface area contributed by atoms with Gasteiger partial charge in [0.15, 0.2) is 0 Å². The standard InChI is InChI=1S/C25H32O2Si/c1-20-19-21(2)27-24(20)17-12-18-26-28(25(3,4)5,22-13-8-6-9-14-22)23-15-10-7-11-16-23/h6-11,13-16,19H,12,17-18H2,1-5H3. The average Bonchev–Trinajstić information content (AvgIpc) is 2.99. The number of rotatable bonds is 7. The zero-order valence-corrected chi connectivity index (χ0v) is 18.8. The first kappa shape index (κ1) is 20.6. The van der Waals surface area contributed by atoms with Gasteiger partial charge in [-0.1, -0.05) is 81.4 Å². The highest BCUT2D eigenvalue weighted by atomic mass is 28.4. The van der Waals surface area contributed by atoms with Crippen molar-refractivity contribution in [2.24, 2.45) is 0 Å². The zero-order chi connectivity index (χ0) is 20.2. The molecule has 1 aromatic heterocycles. The first-order chi connectivity index (χ1) is 13.3. The maximum atomic E-state index is 6.93. The van der Waals surface area contributed by atoms with Gasteiger partial charge in [0.05, 0.1) is 0 Å². The van der Waals surface area contributed by atoms with Crippen LogP contribution >= 0.6 is 0 Å². The van der Waals surface area contributed by atoms with Gasteiger partial charge in [-0.2, -0.15) is 0 Å². The summed E-state index contributed by atoms with van der Waals surface area (Å²) in [6.07, 6.45) is 1.87. The molecule has 0 aliphatic carbocycles. The minimum Gasteiger partial charge on any atom is -0.466 e. The Labute approximate surface area is 170 Å². The molecule has 0 unspecified atom stereocenters. The van der Waals surface area contributed by atoms with Crippen molar-refractivity contribution in [1.29, 1.82) is 0 Å². The number of benzene rings is 2. The van der Waals surface area contributed by atoms with Crippen molar-refractivity contribution in [2.45, 2.75) is 52.5 Å². The summed E-state index contributed by atoms with van der Waals surface area (Å²) in [6, 6.07) is 23.8. The molecule has 0 spiro atoms. The molecule has 0 N–H and O–H groups in total. The number of hydrogen-bond donors (Lipinski definition) is 0. The fourth-order valence-electron chi connectivity index (χ4n) is 4.16. The topological polar surface area (TPSA) is 22.4 Å². The predicted molar refractivity (Wildman–Crippen MR) is 120 cm³/mol. The Kier molecular flexibility index (Phi) is 6.26. The average molecular weight is 393 g/mol. The van der Waals surface area contributed by atoms with E-state index < -0.39 is 8.32 Å². The maximum absolute atomic E-state index is 6.93. The highest BCUT2D eigenvalue weighted by molar-refractivity contribution is 6.99. The van der Waals surface area contributed by atoms with Crippen LogP contribution in [0, 0.1) is 13.8 Å². The summed E-state index contributed by atoms with van der Waals surface area (Å²) in [7, 11) is -2.43. The second-order valence-corrected chi connectivity index (χ2v) is 12.9. The summed E-state index contributed by atoms with van der Waals surface area (Å²) in [5.41, 5.74) is 1.24. The van der Waals surface area contributed by atoms with Crippen molar-refractivity contribution < 1.29 is 8.84 Å². The third-order valence-electron chi connectivity index (χ3n) is 5.43. The van der Waals surface area contributed by atoms with E-state index in [-0.39, 0.29) is 5.04 Å². The Bertz CT molecular complexity index is 836. The molecule has 0 amide bonds. The lowest BCUT2D eigenvalue weighted by Crippen LogP contribution is -2.66. The van der Waals surface area contributed by atoms with Crippen LogP contribution in [0.15, 0.2) is 71.1 Å². The normalized spacial score (nSPS) is 12.3. The molecule has 0 fully saturated rings. The molecule has 0 bridgehead atoms. The van der Waals surface area contributed by atoms with Crippen LogP contribution in [-0.2, 0) is 10.8 Å². The molecule has 28 heavy (non-hydrogen) atoms. The van der Waals surface area contributed by atoms with Gasteiger partial charge < -0.3 is 8.84 Å². The highest BCUT2D eigenvalue weighted by Gasteiger charge is 2.49. The zero-order valence-electron chi connectivity index (χ0n) is 17.8. The summed E-state index contributed by atoms with van der Waals surface area (Å²) < 4.78 is 12.8. The molecule has 2 aromatic carbocycles. The Hall–Kier alpha value is -2.10. The van der Waals surface area contributed by atoms with Crippen LogP contribution in [-0.4, -0.2) is 14.9 Å². The summed E-state index contributed by atoms with van der Waals surface area (Å²) in [6.45, 7) is 11.8. The lowest BCUT2D eigenvalue weighted by atomic mass is 10.2. The minimum absolute atomic E-state index is 0.0207. The predicted octanol–water partition coefficient (Wildman–Crippen LogP) is 5.41. The molecule has 2 nitrogen and oxygen atoms in total. The molecule has 148 valence electrons. The summed E-state index contributed by atoms with van der Waals surface area (Å²) in [5.74, 6) is 2.07. The first-order valence-corrected chi connectivity index (χ1v) is 12.1. The van der Waals surface area contributed by atoms with Crippen LogP contribution in [0.4, 0.5) is 0 Å². The Balaban J connectivity index is 1.89. The number of hydrogen-bond acceptors (Lipinski definition) is 2. The molecule has 1 heterocycles. The van der Waals surface area contributed by atoms with Gasteiger partial charge in [0.25, 0.3) is 8.32 Å². The van der Waals surface area contributed by atoms with Gasteiger partial charge in [-0.15, -0.1) is 0 Å². The van der Waals surface area contributed by atoms with Crippen molar-refractivity contribution in [2.75, 3.05) is 6.61 Å². The van der Waals surface area contributed by atoms with Crippen LogP contribution in [0.25, 0.3) is 0 Å². The molecule has 3 rings (SSSR count). The van der Waals surface area contributed by atoms with E-state index in [4.69, 9.17) is 8.84 Å². The van der Waals surface area contributed by atoms with Gasteiger partial charge in [-0.3, -0.25) is 0 Å². The van der Waals surface area contributed by atoms with Gasteiger partial charge in [0.2, 0.25) is 0 Å². The van der Waals surface area contributed by atoms with Crippen LogP contribution in [0.2, 0.25) is 5.04 Å². The van der Waals surface area contributed by atoms with E-state index >= 15 is 0 Å². The summed E-state index contributed by atoms with van der Waals surface area (Å²) in [4.78, 5) is 0.